The third-order valence-electron chi connectivity index (χ3n) is 12.0. The van der Waals surface area contributed by atoms with Gasteiger partial charge in [0.25, 0.3) is 0 Å². The van der Waals surface area contributed by atoms with Gasteiger partial charge in [-0.3, -0.25) is 14.4 Å². The number of rotatable bonds is 49. The van der Waals surface area contributed by atoms with Gasteiger partial charge < -0.3 is 14.2 Å². The Morgan fingerprint density at radius 1 is 0.317 bits per heavy atom. The Morgan fingerprint density at radius 3 is 0.850 bits per heavy atom. The van der Waals surface area contributed by atoms with Crippen LogP contribution in [-0.2, 0) is 28.6 Å². The molecule has 0 unspecified atom stereocenters. The van der Waals surface area contributed by atoms with Gasteiger partial charge in [-0.05, 0) is 44.9 Å². The lowest BCUT2D eigenvalue weighted by Crippen LogP contribution is -2.30. The van der Waals surface area contributed by atoms with Crippen LogP contribution in [0.5, 0.6) is 0 Å². The van der Waals surface area contributed by atoms with Crippen LogP contribution in [0.1, 0.15) is 297 Å². The predicted octanol–water partition coefficient (Wildman–Crippen LogP) is 17.4. The molecule has 0 aromatic rings. The SMILES string of the molecule is CCCCCC/C=C\CCCCCCCC(=O)OC[C@H](COC(=O)CCCCCCCCCCCCCC)OC(=O)CCCCCCCCCCCCCCCCCCC. The van der Waals surface area contributed by atoms with Crippen molar-refractivity contribution in [3.8, 4) is 0 Å². The summed E-state index contributed by atoms with van der Waals surface area (Å²) in [6, 6.07) is 0. The topological polar surface area (TPSA) is 78.9 Å². The molecule has 0 aliphatic heterocycles. The van der Waals surface area contributed by atoms with E-state index >= 15 is 0 Å². The Balaban J connectivity index is 4.31. The highest BCUT2D eigenvalue weighted by atomic mass is 16.6. The summed E-state index contributed by atoms with van der Waals surface area (Å²) in [5, 5.41) is 0. The number of ether oxygens (including phenoxy) is 3. The number of esters is 3. The Morgan fingerprint density at radius 2 is 0.550 bits per heavy atom. The molecule has 6 heteroatoms. The van der Waals surface area contributed by atoms with Gasteiger partial charge >= 0.3 is 17.9 Å². The zero-order valence-corrected chi connectivity index (χ0v) is 40.5. The monoisotopic (exact) mass is 847 g/mol. The fourth-order valence-electron chi connectivity index (χ4n) is 7.97. The summed E-state index contributed by atoms with van der Waals surface area (Å²) in [7, 11) is 0. The molecule has 0 heterocycles. The van der Waals surface area contributed by atoms with Crippen LogP contribution in [0.4, 0.5) is 0 Å². The standard InChI is InChI=1S/C54H102O6/c1-4-7-10-13-16-19-22-25-26-27-28-30-33-36-39-42-45-48-54(57)60-51(49-58-52(55)46-43-40-37-34-31-24-21-18-15-12-9-6-3)50-59-53(56)47-44-41-38-35-32-29-23-20-17-14-11-8-5-2/h20,23,51H,4-19,21-22,24-50H2,1-3H3/b23-20-/t51-/m0/s1. The van der Waals surface area contributed by atoms with E-state index in [9.17, 15) is 14.4 Å². The normalized spacial score (nSPS) is 12.0. The van der Waals surface area contributed by atoms with Crippen LogP contribution in [0.15, 0.2) is 12.2 Å². The second-order valence-electron chi connectivity index (χ2n) is 18.2. The van der Waals surface area contributed by atoms with E-state index in [0.29, 0.717) is 19.3 Å². The van der Waals surface area contributed by atoms with E-state index in [1.165, 1.54) is 193 Å². The number of hydrogen-bond acceptors (Lipinski definition) is 6. The first-order chi connectivity index (χ1) is 29.5. The molecule has 0 amide bonds. The van der Waals surface area contributed by atoms with Crippen LogP contribution in [0.3, 0.4) is 0 Å². The van der Waals surface area contributed by atoms with E-state index in [1.54, 1.807) is 0 Å². The van der Waals surface area contributed by atoms with Gasteiger partial charge in [-0.2, -0.15) is 0 Å². The molecule has 0 aromatic carbocycles. The molecule has 0 aliphatic carbocycles. The van der Waals surface area contributed by atoms with Gasteiger partial charge in [-0.15, -0.1) is 0 Å². The number of carbonyl (C=O) groups excluding carboxylic acids is 3. The maximum absolute atomic E-state index is 12.8. The molecule has 0 saturated carbocycles. The molecular weight excluding hydrogens is 745 g/mol. The Bertz CT molecular complexity index is 931. The smallest absolute Gasteiger partial charge is 0.306 e. The predicted molar refractivity (Wildman–Crippen MR) is 256 cm³/mol. The number of carbonyl (C=O) groups is 3. The summed E-state index contributed by atoms with van der Waals surface area (Å²) in [6.45, 7) is 6.65. The molecule has 0 radical (unpaired) electrons. The van der Waals surface area contributed by atoms with Crippen LogP contribution < -0.4 is 0 Å². The average molecular weight is 847 g/mol. The van der Waals surface area contributed by atoms with E-state index in [0.717, 1.165) is 64.2 Å². The van der Waals surface area contributed by atoms with Gasteiger partial charge in [0.05, 0.1) is 0 Å². The Labute approximate surface area is 373 Å². The largest absolute Gasteiger partial charge is 0.462 e. The zero-order valence-electron chi connectivity index (χ0n) is 40.5. The molecule has 0 spiro atoms. The van der Waals surface area contributed by atoms with Crippen LogP contribution in [0.2, 0.25) is 0 Å². The average Bonchev–Trinajstić information content (AvgIpc) is 3.24. The maximum atomic E-state index is 12.8. The summed E-state index contributed by atoms with van der Waals surface area (Å²) >= 11 is 0. The second kappa shape index (κ2) is 49.8. The third-order valence-corrected chi connectivity index (χ3v) is 12.0. The molecule has 1 atom stereocenters. The molecular formula is C54H102O6. The zero-order chi connectivity index (χ0) is 43.7. The highest BCUT2D eigenvalue weighted by Crippen LogP contribution is 2.16. The third kappa shape index (κ3) is 47.2. The van der Waals surface area contributed by atoms with Crippen molar-refractivity contribution >= 4 is 17.9 Å². The minimum atomic E-state index is -0.766. The van der Waals surface area contributed by atoms with E-state index in [2.05, 4.69) is 32.9 Å². The molecule has 0 saturated heterocycles. The van der Waals surface area contributed by atoms with Crippen molar-refractivity contribution in [1.82, 2.24) is 0 Å². The molecule has 6 nitrogen and oxygen atoms in total. The maximum Gasteiger partial charge on any atom is 0.306 e. The molecule has 0 aliphatic rings. The summed E-state index contributed by atoms with van der Waals surface area (Å²) in [5.74, 6) is -0.858. The first-order valence-corrected chi connectivity index (χ1v) is 26.7. The van der Waals surface area contributed by atoms with Gasteiger partial charge in [0.1, 0.15) is 13.2 Å². The number of hydrogen-bond donors (Lipinski definition) is 0. The molecule has 0 N–H and O–H groups in total. The molecule has 0 rings (SSSR count). The van der Waals surface area contributed by atoms with Gasteiger partial charge in [0.2, 0.25) is 0 Å². The van der Waals surface area contributed by atoms with Crippen LogP contribution in [-0.4, -0.2) is 37.2 Å². The van der Waals surface area contributed by atoms with Crippen molar-refractivity contribution in [2.75, 3.05) is 13.2 Å². The van der Waals surface area contributed by atoms with Crippen LogP contribution in [0.25, 0.3) is 0 Å². The van der Waals surface area contributed by atoms with Crippen molar-refractivity contribution < 1.29 is 28.6 Å². The van der Waals surface area contributed by atoms with E-state index in [4.69, 9.17) is 14.2 Å². The van der Waals surface area contributed by atoms with Crippen molar-refractivity contribution in [3.05, 3.63) is 12.2 Å². The Kier molecular flexibility index (Phi) is 48.3. The summed E-state index contributed by atoms with van der Waals surface area (Å²) in [5.41, 5.74) is 0. The second-order valence-corrected chi connectivity index (χ2v) is 18.2. The molecule has 0 fully saturated rings. The summed E-state index contributed by atoms with van der Waals surface area (Å²) < 4.78 is 16.8. The van der Waals surface area contributed by atoms with Crippen molar-refractivity contribution in [2.45, 2.75) is 303 Å². The quantitative estimate of drug-likeness (QED) is 0.0263. The van der Waals surface area contributed by atoms with E-state index in [-0.39, 0.29) is 31.1 Å². The lowest BCUT2D eigenvalue weighted by atomic mass is 10.0. The first-order valence-electron chi connectivity index (χ1n) is 26.7. The molecule has 0 aromatic heterocycles. The van der Waals surface area contributed by atoms with Gasteiger partial charge in [0, 0.05) is 19.3 Å². The summed E-state index contributed by atoms with van der Waals surface area (Å²) in [4.78, 5) is 38.0. The Hall–Kier alpha value is -1.85. The molecule has 354 valence electrons. The number of allylic oxidation sites excluding steroid dienone is 2. The lowest BCUT2D eigenvalue weighted by Gasteiger charge is -2.18. The highest BCUT2D eigenvalue weighted by molar-refractivity contribution is 5.71. The number of unbranched alkanes of at least 4 members (excludes halogenated alkanes) is 36. The van der Waals surface area contributed by atoms with E-state index in [1.807, 2.05) is 0 Å². The van der Waals surface area contributed by atoms with E-state index < -0.39 is 6.10 Å². The fraction of sp³-hybridized carbons (Fsp3) is 0.907. The van der Waals surface area contributed by atoms with Gasteiger partial charge in [0.15, 0.2) is 6.10 Å². The van der Waals surface area contributed by atoms with Crippen LogP contribution >= 0.6 is 0 Å². The van der Waals surface area contributed by atoms with Gasteiger partial charge in [-0.25, -0.2) is 0 Å². The highest BCUT2D eigenvalue weighted by Gasteiger charge is 2.19. The minimum absolute atomic E-state index is 0.0671. The fourth-order valence-corrected chi connectivity index (χ4v) is 7.97. The van der Waals surface area contributed by atoms with Crippen molar-refractivity contribution in [3.63, 3.8) is 0 Å². The lowest BCUT2D eigenvalue weighted by molar-refractivity contribution is -0.167. The van der Waals surface area contributed by atoms with Gasteiger partial charge in [-0.1, -0.05) is 245 Å². The molecule has 0 bridgehead atoms. The van der Waals surface area contributed by atoms with Crippen molar-refractivity contribution in [1.29, 1.82) is 0 Å². The first kappa shape index (κ1) is 58.1. The minimum Gasteiger partial charge on any atom is -0.462 e. The summed E-state index contributed by atoms with van der Waals surface area (Å²) in [6.07, 6.45) is 54.8. The molecule has 60 heavy (non-hydrogen) atoms. The van der Waals surface area contributed by atoms with Crippen molar-refractivity contribution in [2.24, 2.45) is 0 Å². The van der Waals surface area contributed by atoms with Crippen LogP contribution in [0, 0.1) is 0 Å².